The number of Topliss-reactive ketones (excluding diaryl/α,β-unsaturated/α-hetero) is 1. The normalized spacial score (nSPS) is 16.7. The van der Waals surface area contributed by atoms with Crippen LogP contribution in [0.4, 0.5) is 0 Å². The first-order valence-electron chi connectivity index (χ1n) is 9.08. The minimum atomic E-state index is -0.843. The molecule has 0 radical (unpaired) electrons. The Kier molecular flexibility index (Phi) is 5.93. The van der Waals surface area contributed by atoms with Crippen LogP contribution in [-0.4, -0.2) is 68.0 Å². The molecule has 1 N–H and O–H groups in total. The highest BCUT2D eigenvalue weighted by Crippen LogP contribution is 2.45. The summed E-state index contributed by atoms with van der Waals surface area (Å²) < 4.78 is 16.1. The van der Waals surface area contributed by atoms with Gasteiger partial charge < -0.3 is 28.8 Å². The van der Waals surface area contributed by atoms with Gasteiger partial charge in [-0.3, -0.25) is 9.59 Å². The molecular formula is C21H24N2O6. The SMILES string of the molecule is COc1cccc(C2C(C(=O)c3ccco3)=C(O)C(=O)N2CCN(C)C)c1OC. The summed E-state index contributed by atoms with van der Waals surface area (Å²) in [4.78, 5) is 29.4. The Morgan fingerprint density at radius 1 is 1.21 bits per heavy atom. The number of carbonyl (C=O) groups is 2. The zero-order chi connectivity index (χ0) is 21.1. The number of para-hydroxylation sites is 1. The molecule has 1 aromatic heterocycles. The van der Waals surface area contributed by atoms with Crippen LogP contribution in [0.15, 0.2) is 52.3 Å². The Bertz CT molecular complexity index is 933. The quantitative estimate of drug-likeness (QED) is 0.681. The van der Waals surface area contributed by atoms with Crippen LogP contribution in [-0.2, 0) is 4.79 Å². The third-order valence-electron chi connectivity index (χ3n) is 4.81. The summed E-state index contributed by atoms with van der Waals surface area (Å²) in [5.74, 6) is -0.858. The van der Waals surface area contributed by atoms with E-state index in [1.54, 1.807) is 24.3 Å². The van der Waals surface area contributed by atoms with Gasteiger partial charge in [-0.2, -0.15) is 0 Å². The second-order valence-corrected chi connectivity index (χ2v) is 6.86. The fourth-order valence-corrected chi connectivity index (χ4v) is 3.42. The van der Waals surface area contributed by atoms with Crippen LogP contribution in [0.2, 0.25) is 0 Å². The van der Waals surface area contributed by atoms with Gasteiger partial charge in [-0.15, -0.1) is 0 Å². The smallest absolute Gasteiger partial charge is 0.290 e. The van der Waals surface area contributed by atoms with E-state index < -0.39 is 23.5 Å². The number of aliphatic hydroxyl groups is 1. The van der Waals surface area contributed by atoms with Gasteiger partial charge in [0.05, 0.1) is 32.1 Å². The molecule has 0 saturated heterocycles. The highest BCUT2D eigenvalue weighted by Gasteiger charge is 2.45. The molecule has 1 atom stereocenters. The van der Waals surface area contributed by atoms with Crippen molar-refractivity contribution in [2.45, 2.75) is 6.04 Å². The number of ether oxygens (including phenoxy) is 2. The average molecular weight is 400 g/mol. The van der Waals surface area contributed by atoms with E-state index in [2.05, 4.69) is 0 Å². The molecule has 0 spiro atoms. The van der Waals surface area contributed by atoms with E-state index in [-0.39, 0.29) is 11.3 Å². The van der Waals surface area contributed by atoms with Gasteiger partial charge in [0.1, 0.15) is 0 Å². The van der Waals surface area contributed by atoms with Gasteiger partial charge in [0.25, 0.3) is 5.91 Å². The van der Waals surface area contributed by atoms with Gasteiger partial charge in [-0.1, -0.05) is 12.1 Å². The Labute approximate surface area is 168 Å². The van der Waals surface area contributed by atoms with Gasteiger partial charge >= 0.3 is 0 Å². The second kappa shape index (κ2) is 8.40. The summed E-state index contributed by atoms with van der Waals surface area (Å²) in [5, 5.41) is 10.6. The third-order valence-corrected chi connectivity index (χ3v) is 4.81. The predicted octanol–water partition coefficient (Wildman–Crippen LogP) is 2.44. The fourth-order valence-electron chi connectivity index (χ4n) is 3.42. The maximum atomic E-state index is 13.1. The number of aliphatic hydroxyl groups excluding tert-OH is 1. The van der Waals surface area contributed by atoms with E-state index >= 15 is 0 Å². The van der Waals surface area contributed by atoms with Crippen LogP contribution in [0.1, 0.15) is 22.2 Å². The summed E-state index contributed by atoms with van der Waals surface area (Å²) >= 11 is 0. The van der Waals surface area contributed by atoms with Crippen molar-refractivity contribution in [3.63, 3.8) is 0 Å². The summed E-state index contributed by atoms with van der Waals surface area (Å²) in [5.41, 5.74) is 0.494. The lowest BCUT2D eigenvalue weighted by Crippen LogP contribution is -2.36. The summed E-state index contributed by atoms with van der Waals surface area (Å²) in [7, 11) is 6.75. The molecule has 1 aliphatic rings. The largest absolute Gasteiger partial charge is 0.503 e. The van der Waals surface area contributed by atoms with Crippen LogP contribution in [0.25, 0.3) is 0 Å². The topological polar surface area (TPSA) is 92.5 Å². The number of benzene rings is 1. The first kappa shape index (κ1) is 20.5. The Hall–Kier alpha value is -3.26. The van der Waals surface area contributed by atoms with Crippen LogP contribution in [0, 0.1) is 0 Å². The van der Waals surface area contributed by atoms with E-state index in [0.29, 0.717) is 30.2 Å². The minimum absolute atomic E-state index is 0.0423. The molecule has 0 bridgehead atoms. The van der Waals surface area contributed by atoms with Crippen molar-refractivity contribution in [2.24, 2.45) is 0 Å². The zero-order valence-electron chi connectivity index (χ0n) is 16.8. The molecule has 0 fully saturated rings. The molecule has 0 saturated carbocycles. The van der Waals surface area contributed by atoms with Crippen molar-refractivity contribution in [1.82, 2.24) is 9.80 Å². The number of hydrogen-bond donors (Lipinski definition) is 1. The number of methoxy groups -OCH3 is 2. The first-order chi connectivity index (χ1) is 13.9. The van der Waals surface area contributed by atoms with Crippen molar-refractivity contribution in [1.29, 1.82) is 0 Å². The van der Waals surface area contributed by atoms with Gasteiger partial charge in [-0.25, -0.2) is 0 Å². The number of ketones is 1. The number of likely N-dealkylation sites (N-methyl/N-ethyl adjacent to an activating group) is 1. The van der Waals surface area contributed by atoms with Gasteiger partial charge in [-0.05, 0) is 32.3 Å². The predicted molar refractivity (Wildman–Crippen MR) is 105 cm³/mol. The zero-order valence-corrected chi connectivity index (χ0v) is 16.8. The van der Waals surface area contributed by atoms with Gasteiger partial charge in [0, 0.05) is 18.7 Å². The molecule has 0 aliphatic carbocycles. The van der Waals surface area contributed by atoms with Crippen LogP contribution in [0.3, 0.4) is 0 Å². The van der Waals surface area contributed by atoms with Gasteiger partial charge in [0.15, 0.2) is 23.0 Å². The fraction of sp³-hybridized carbons (Fsp3) is 0.333. The molecule has 1 aliphatic heterocycles. The summed E-state index contributed by atoms with van der Waals surface area (Å²) in [6.07, 6.45) is 1.37. The highest BCUT2D eigenvalue weighted by molar-refractivity contribution is 6.15. The lowest BCUT2D eigenvalue weighted by molar-refractivity contribution is -0.129. The number of furan rings is 1. The molecule has 29 heavy (non-hydrogen) atoms. The Morgan fingerprint density at radius 3 is 2.55 bits per heavy atom. The monoisotopic (exact) mass is 400 g/mol. The van der Waals surface area contributed by atoms with E-state index in [1.165, 1.54) is 31.4 Å². The minimum Gasteiger partial charge on any atom is -0.503 e. The number of carbonyl (C=O) groups excluding carboxylic acids is 2. The first-order valence-corrected chi connectivity index (χ1v) is 9.08. The van der Waals surface area contributed by atoms with E-state index in [0.717, 1.165) is 0 Å². The number of hydrogen-bond acceptors (Lipinski definition) is 7. The average Bonchev–Trinajstić information content (AvgIpc) is 3.33. The Morgan fingerprint density at radius 2 is 1.97 bits per heavy atom. The molecule has 1 amide bonds. The van der Waals surface area contributed by atoms with Crippen molar-refractivity contribution in [3.05, 3.63) is 59.3 Å². The second-order valence-electron chi connectivity index (χ2n) is 6.86. The molecular weight excluding hydrogens is 376 g/mol. The van der Waals surface area contributed by atoms with Crippen LogP contribution >= 0.6 is 0 Å². The van der Waals surface area contributed by atoms with Crippen molar-refractivity contribution < 1.29 is 28.6 Å². The summed E-state index contributed by atoms with van der Waals surface area (Å²) in [6.45, 7) is 0.847. The number of amides is 1. The van der Waals surface area contributed by atoms with Crippen molar-refractivity contribution >= 4 is 11.7 Å². The standard InChI is InChI=1S/C21H24N2O6/c1-22(2)10-11-23-17(13-7-5-8-15(27-3)20(13)28-4)16(19(25)21(23)26)18(24)14-9-6-12-29-14/h5-9,12,17,25H,10-11H2,1-4H3. The van der Waals surface area contributed by atoms with Gasteiger partial charge in [0.2, 0.25) is 5.78 Å². The van der Waals surface area contributed by atoms with E-state index in [4.69, 9.17) is 13.9 Å². The molecule has 2 aromatic rings. The molecule has 3 rings (SSSR count). The lowest BCUT2D eigenvalue weighted by atomic mass is 9.94. The number of rotatable bonds is 8. The number of nitrogens with zero attached hydrogens (tertiary/aromatic N) is 2. The molecule has 154 valence electrons. The molecule has 2 heterocycles. The van der Waals surface area contributed by atoms with Crippen molar-refractivity contribution in [3.8, 4) is 11.5 Å². The molecule has 1 aromatic carbocycles. The lowest BCUT2D eigenvalue weighted by Gasteiger charge is -2.29. The van der Waals surface area contributed by atoms with E-state index in [1.807, 2.05) is 19.0 Å². The molecule has 1 unspecified atom stereocenters. The molecule has 8 heteroatoms. The maximum absolute atomic E-state index is 13.1. The van der Waals surface area contributed by atoms with Crippen LogP contribution in [0.5, 0.6) is 11.5 Å². The third kappa shape index (κ3) is 3.71. The highest BCUT2D eigenvalue weighted by atomic mass is 16.5. The Balaban J connectivity index is 2.16. The molecule has 8 nitrogen and oxygen atoms in total. The van der Waals surface area contributed by atoms with E-state index in [9.17, 15) is 14.7 Å². The summed E-state index contributed by atoms with van der Waals surface area (Å²) in [6, 6.07) is 7.44. The van der Waals surface area contributed by atoms with Crippen molar-refractivity contribution in [2.75, 3.05) is 41.4 Å². The van der Waals surface area contributed by atoms with Crippen LogP contribution < -0.4 is 9.47 Å². The maximum Gasteiger partial charge on any atom is 0.290 e.